The standard InChI is InChI=1S/C37H34N4O6S/c1-24(2)22-47-31-15-11-26(12-16-31)35-27(21-40(39-35)28-7-5-4-6-8-28)19-32-34(25-9-13-30(46-3)14-10-25)33(20-38)37(43)41(36(32)42)29-17-18-48(44,45)23-29/h4-16,19,21,24,29H,17-18,22-23H2,1-3H3/b32-19-. The lowest BCUT2D eigenvalue weighted by Gasteiger charge is -2.32. The molecule has 0 radical (unpaired) electrons. The van der Waals surface area contributed by atoms with E-state index in [1.165, 1.54) is 7.11 Å². The molecule has 3 aromatic carbocycles. The van der Waals surface area contributed by atoms with E-state index in [0.29, 0.717) is 40.8 Å². The molecule has 1 aromatic heterocycles. The Labute approximate surface area is 279 Å². The number of para-hydroxylation sites is 1. The average Bonchev–Trinajstić information content (AvgIpc) is 3.68. The van der Waals surface area contributed by atoms with E-state index in [1.54, 1.807) is 41.2 Å². The average molecular weight is 663 g/mol. The van der Waals surface area contributed by atoms with Gasteiger partial charge in [-0.1, -0.05) is 44.2 Å². The minimum absolute atomic E-state index is 0.0753. The molecule has 4 aromatic rings. The molecule has 10 nitrogen and oxygen atoms in total. The number of imide groups is 1. The van der Waals surface area contributed by atoms with Crippen LogP contribution in [0.15, 0.2) is 96.2 Å². The fraction of sp³-hybridized carbons (Fsp3) is 0.243. The third-order valence-corrected chi connectivity index (χ3v) is 9.99. The van der Waals surface area contributed by atoms with Crippen molar-refractivity contribution in [2.75, 3.05) is 25.2 Å². The van der Waals surface area contributed by atoms with Gasteiger partial charge in [-0.2, -0.15) is 10.4 Å². The molecule has 1 atom stereocenters. The summed E-state index contributed by atoms with van der Waals surface area (Å²) >= 11 is 0. The van der Waals surface area contributed by atoms with Gasteiger partial charge >= 0.3 is 0 Å². The minimum atomic E-state index is -3.45. The molecule has 6 rings (SSSR count). The Morgan fingerprint density at radius 2 is 1.62 bits per heavy atom. The molecule has 0 saturated carbocycles. The highest BCUT2D eigenvalue weighted by atomic mass is 32.2. The van der Waals surface area contributed by atoms with E-state index >= 15 is 0 Å². The van der Waals surface area contributed by atoms with Gasteiger partial charge in [-0.15, -0.1) is 0 Å². The number of aromatic nitrogens is 2. The van der Waals surface area contributed by atoms with Crippen molar-refractivity contribution in [3.05, 3.63) is 107 Å². The zero-order valence-electron chi connectivity index (χ0n) is 26.8. The van der Waals surface area contributed by atoms with Gasteiger partial charge in [-0.05, 0) is 72.5 Å². The van der Waals surface area contributed by atoms with Crippen molar-refractivity contribution in [1.29, 1.82) is 5.26 Å². The number of carbonyl (C=O) groups excluding carboxylic acids is 2. The third-order valence-electron chi connectivity index (χ3n) is 8.24. The largest absolute Gasteiger partial charge is 0.497 e. The minimum Gasteiger partial charge on any atom is -0.497 e. The second-order valence-electron chi connectivity index (χ2n) is 12.1. The second kappa shape index (κ2) is 13.3. The van der Waals surface area contributed by atoms with E-state index in [2.05, 4.69) is 13.8 Å². The van der Waals surface area contributed by atoms with Crippen LogP contribution in [0.3, 0.4) is 0 Å². The maximum Gasteiger partial charge on any atom is 0.272 e. The number of methoxy groups -OCH3 is 1. The van der Waals surface area contributed by atoms with Gasteiger partial charge in [0, 0.05) is 22.9 Å². The highest BCUT2D eigenvalue weighted by Crippen LogP contribution is 2.39. The first-order valence-corrected chi connectivity index (χ1v) is 17.4. The molecular weight excluding hydrogens is 628 g/mol. The number of sulfone groups is 1. The van der Waals surface area contributed by atoms with E-state index < -0.39 is 27.7 Å². The van der Waals surface area contributed by atoms with Crippen molar-refractivity contribution in [2.45, 2.75) is 26.3 Å². The molecule has 2 amide bonds. The molecule has 48 heavy (non-hydrogen) atoms. The number of rotatable bonds is 9. The van der Waals surface area contributed by atoms with Gasteiger partial charge in [0.05, 0.1) is 48.2 Å². The number of ether oxygens (including phenoxy) is 2. The van der Waals surface area contributed by atoms with Crippen LogP contribution >= 0.6 is 0 Å². The van der Waals surface area contributed by atoms with Gasteiger partial charge in [0.25, 0.3) is 11.8 Å². The zero-order valence-corrected chi connectivity index (χ0v) is 27.6. The van der Waals surface area contributed by atoms with Crippen molar-refractivity contribution >= 4 is 33.3 Å². The van der Waals surface area contributed by atoms with Crippen LogP contribution in [0.5, 0.6) is 11.5 Å². The van der Waals surface area contributed by atoms with Crippen LogP contribution < -0.4 is 9.47 Å². The number of nitrogens with zero attached hydrogens (tertiary/aromatic N) is 4. The van der Waals surface area contributed by atoms with Gasteiger partial charge in [-0.3, -0.25) is 14.5 Å². The normalized spacial score (nSPS) is 18.4. The summed E-state index contributed by atoms with van der Waals surface area (Å²) in [5, 5.41) is 15.2. The monoisotopic (exact) mass is 662 g/mol. The Kier molecular flexibility index (Phi) is 9.02. The number of amides is 2. The van der Waals surface area contributed by atoms with Crippen molar-refractivity contribution in [1.82, 2.24) is 14.7 Å². The molecule has 11 heteroatoms. The first-order chi connectivity index (χ1) is 23.1. The van der Waals surface area contributed by atoms with Crippen molar-refractivity contribution in [3.63, 3.8) is 0 Å². The summed E-state index contributed by atoms with van der Waals surface area (Å²) < 4.78 is 37.8. The lowest BCUT2D eigenvalue weighted by molar-refractivity contribution is -0.142. The summed E-state index contributed by atoms with van der Waals surface area (Å²) in [5.41, 5.74) is 3.08. The first kappa shape index (κ1) is 32.5. The van der Waals surface area contributed by atoms with Crippen LogP contribution in [-0.2, 0) is 19.4 Å². The third kappa shape index (κ3) is 6.52. The lowest BCUT2D eigenvalue weighted by atomic mass is 9.86. The summed E-state index contributed by atoms with van der Waals surface area (Å²) in [6.07, 6.45) is 3.52. The van der Waals surface area contributed by atoms with Gasteiger partial charge in [0.15, 0.2) is 9.84 Å². The second-order valence-corrected chi connectivity index (χ2v) is 14.4. The Hall–Kier alpha value is -5.47. The van der Waals surface area contributed by atoms with E-state index in [0.717, 1.165) is 16.2 Å². The van der Waals surface area contributed by atoms with E-state index in [-0.39, 0.29) is 34.6 Å². The highest BCUT2D eigenvalue weighted by Gasteiger charge is 2.45. The van der Waals surface area contributed by atoms with Crippen LogP contribution in [0.4, 0.5) is 0 Å². The summed E-state index contributed by atoms with van der Waals surface area (Å²) in [4.78, 5) is 29.2. The molecule has 0 aliphatic carbocycles. The van der Waals surface area contributed by atoms with Crippen LogP contribution in [0.2, 0.25) is 0 Å². The molecule has 0 bridgehead atoms. The van der Waals surface area contributed by atoms with E-state index in [9.17, 15) is 23.3 Å². The topological polar surface area (TPSA) is 132 Å². The quantitative estimate of drug-likeness (QED) is 0.170. The predicted molar refractivity (Wildman–Crippen MR) is 182 cm³/mol. The predicted octanol–water partition coefficient (Wildman–Crippen LogP) is 5.50. The van der Waals surface area contributed by atoms with Gasteiger partial charge in [0.2, 0.25) is 0 Å². The van der Waals surface area contributed by atoms with Crippen LogP contribution in [-0.4, -0.2) is 66.2 Å². The maximum absolute atomic E-state index is 14.4. The van der Waals surface area contributed by atoms with Crippen LogP contribution in [0.25, 0.3) is 28.6 Å². The molecule has 1 fully saturated rings. The fourth-order valence-electron chi connectivity index (χ4n) is 5.85. The zero-order chi connectivity index (χ0) is 34.0. The molecule has 244 valence electrons. The Balaban J connectivity index is 1.55. The van der Waals surface area contributed by atoms with Crippen molar-refractivity contribution in [2.24, 2.45) is 5.92 Å². The Morgan fingerprint density at radius 1 is 0.958 bits per heavy atom. The molecule has 0 N–H and O–H groups in total. The molecule has 1 saturated heterocycles. The number of nitriles is 1. The summed E-state index contributed by atoms with van der Waals surface area (Å²) in [5.74, 6) is -0.359. The van der Waals surface area contributed by atoms with Crippen LogP contribution in [0.1, 0.15) is 31.4 Å². The molecule has 2 aliphatic heterocycles. The van der Waals surface area contributed by atoms with Gasteiger partial charge in [-0.25, -0.2) is 13.1 Å². The first-order valence-electron chi connectivity index (χ1n) is 15.6. The lowest BCUT2D eigenvalue weighted by Crippen LogP contribution is -2.49. The van der Waals surface area contributed by atoms with Gasteiger partial charge < -0.3 is 9.47 Å². The fourth-order valence-corrected chi connectivity index (χ4v) is 7.55. The SMILES string of the molecule is COc1ccc(C2=C(C#N)C(=O)N(C3CCS(=O)(=O)C3)C(=O)/C2=C\c2cn(-c3ccccc3)nc2-c2ccc(OCC(C)C)cc2)cc1. The van der Waals surface area contributed by atoms with Crippen molar-refractivity contribution < 1.29 is 27.5 Å². The van der Waals surface area contributed by atoms with Gasteiger partial charge in [0.1, 0.15) is 23.1 Å². The Morgan fingerprint density at radius 3 is 2.23 bits per heavy atom. The molecule has 0 spiro atoms. The maximum atomic E-state index is 14.4. The molecular formula is C37H34N4O6S. The van der Waals surface area contributed by atoms with Crippen molar-refractivity contribution in [3.8, 4) is 34.5 Å². The molecule has 3 heterocycles. The number of carbonyl (C=O) groups is 2. The number of benzene rings is 3. The Bertz CT molecular complexity index is 2070. The number of hydrogen-bond acceptors (Lipinski definition) is 8. The number of hydrogen-bond donors (Lipinski definition) is 0. The summed E-state index contributed by atoms with van der Waals surface area (Å²) in [6, 6.07) is 24.8. The summed E-state index contributed by atoms with van der Waals surface area (Å²) in [6.45, 7) is 4.72. The van der Waals surface area contributed by atoms with E-state index in [4.69, 9.17) is 14.6 Å². The van der Waals surface area contributed by atoms with Crippen LogP contribution in [0, 0.1) is 17.2 Å². The molecule has 1 unspecified atom stereocenters. The van der Waals surface area contributed by atoms with E-state index in [1.807, 2.05) is 60.7 Å². The molecule has 2 aliphatic rings. The smallest absolute Gasteiger partial charge is 0.272 e. The highest BCUT2D eigenvalue weighted by molar-refractivity contribution is 7.91. The summed E-state index contributed by atoms with van der Waals surface area (Å²) in [7, 11) is -1.93.